The van der Waals surface area contributed by atoms with Gasteiger partial charge < -0.3 is 10.0 Å². The fourth-order valence-electron chi connectivity index (χ4n) is 3.56. The third-order valence-corrected chi connectivity index (χ3v) is 4.58. The molecule has 5 nitrogen and oxygen atoms in total. The number of carbonyl (C=O) groups is 1. The van der Waals surface area contributed by atoms with Gasteiger partial charge >= 0.3 is 5.97 Å². The van der Waals surface area contributed by atoms with Crippen molar-refractivity contribution in [3.8, 4) is 0 Å². The zero-order valence-electron chi connectivity index (χ0n) is 13.8. The molecule has 2 aromatic rings. The number of anilines is 1. The third kappa shape index (κ3) is 2.56. The van der Waals surface area contributed by atoms with Crippen molar-refractivity contribution >= 4 is 11.9 Å². The van der Waals surface area contributed by atoms with Gasteiger partial charge in [0.05, 0.1) is 6.04 Å². The van der Waals surface area contributed by atoms with Crippen LogP contribution in [0, 0.1) is 13.8 Å². The minimum atomic E-state index is -0.846. The van der Waals surface area contributed by atoms with Gasteiger partial charge in [0.25, 0.3) is 0 Å². The highest BCUT2D eigenvalue weighted by Gasteiger charge is 2.42. The van der Waals surface area contributed by atoms with E-state index in [2.05, 4.69) is 16.0 Å². The van der Waals surface area contributed by atoms with E-state index in [4.69, 9.17) is 0 Å². The molecule has 1 aromatic heterocycles. The van der Waals surface area contributed by atoms with Gasteiger partial charge in [0.1, 0.15) is 6.04 Å². The SMILES string of the molecule is Cc1cc(C)nc(N2C(C)c3ccccc3C(C)C2C(=O)O)n1. The van der Waals surface area contributed by atoms with Gasteiger partial charge in [-0.3, -0.25) is 0 Å². The number of hydrogen-bond acceptors (Lipinski definition) is 4. The maximum Gasteiger partial charge on any atom is 0.327 e. The molecule has 1 N–H and O–H groups in total. The summed E-state index contributed by atoms with van der Waals surface area (Å²) in [4.78, 5) is 22.8. The number of aromatic nitrogens is 2. The number of carboxylic acid groups (broad SMARTS) is 1. The minimum Gasteiger partial charge on any atom is -0.480 e. The van der Waals surface area contributed by atoms with Crippen molar-refractivity contribution in [2.45, 2.75) is 45.7 Å². The second-order valence-electron chi connectivity index (χ2n) is 6.23. The molecule has 0 amide bonds. The number of rotatable bonds is 2. The second-order valence-corrected chi connectivity index (χ2v) is 6.23. The Hall–Kier alpha value is -2.43. The monoisotopic (exact) mass is 311 g/mol. The molecule has 1 aliphatic heterocycles. The van der Waals surface area contributed by atoms with Crippen LogP contribution in [0.15, 0.2) is 30.3 Å². The van der Waals surface area contributed by atoms with Crippen molar-refractivity contribution in [3.63, 3.8) is 0 Å². The molecular weight excluding hydrogens is 290 g/mol. The maximum atomic E-state index is 12.0. The highest BCUT2D eigenvalue weighted by Crippen LogP contribution is 2.41. The van der Waals surface area contributed by atoms with Gasteiger partial charge in [-0.25, -0.2) is 14.8 Å². The number of nitrogens with zero attached hydrogens (tertiary/aromatic N) is 3. The van der Waals surface area contributed by atoms with Gasteiger partial charge in [-0.05, 0) is 38.0 Å². The van der Waals surface area contributed by atoms with Crippen molar-refractivity contribution < 1.29 is 9.90 Å². The lowest BCUT2D eigenvalue weighted by Crippen LogP contribution is -2.50. The van der Waals surface area contributed by atoms with Crippen molar-refractivity contribution in [3.05, 3.63) is 52.8 Å². The summed E-state index contributed by atoms with van der Waals surface area (Å²) in [6.45, 7) is 7.78. The van der Waals surface area contributed by atoms with Crippen LogP contribution in [0.3, 0.4) is 0 Å². The summed E-state index contributed by atoms with van der Waals surface area (Å²) in [6.07, 6.45) is 0. The Morgan fingerprint density at radius 3 is 2.22 bits per heavy atom. The van der Waals surface area contributed by atoms with Crippen LogP contribution in [0.1, 0.15) is 48.3 Å². The zero-order valence-corrected chi connectivity index (χ0v) is 13.8. The first-order valence-corrected chi connectivity index (χ1v) is 7.82. The normalized spacial score (nSPS) is 23.5. The zero-order chi connectivity index (χ0) is 16.7. The molecule has 1 aliphatic rings. The summed E-state index contributed by atoms with van der Waals surface area (Å²) in [5, 5.41) is 9.83. The summed E-state index contributed by atoms with van der Waals surface area (Å²) in [6, 6.07) is 9.15. The van der Waals surface area contributed by atoms with Crippen LogP contribution >= 0.6 is 0 Å². The first kappa shape index (κ1) is 15.5. The summed E-state index contributed by atoms with van der Waals surface area (Å²) >= 11 is 0. The topological polar surface area (TPSA) is 66.3 Å². The van der Waals surface area contributed by atoms with E-state index in [9.17, 15) is 9.90 Å². The van der Waals surface area contributed by atoms with E-state index >= 15 is 0 Å². The minimum absolute atomic E-state index is 0.0929. The van der Waals surface area contributed by atoms with Gasteiger partial charge in [0.2, 0.25) is 5.95 Å². The lowest BCUT2D eigenvalue weighted by molar-refractivity contribution is -0.139. The molecule has 0 saturated carbocycles. The van der Waals surface area contributed by atoms with Crippen LogP contribution in [-0.2, 0) is 4.79 Å². The van der Waals surface area contributed by atoms with Crippen LogP contribution in [0.25, 0.3) is 0 Å². The Bertz CT molecular complexity index is 739. The molecule has 0 radical (unpaired) electrons. The molecule has 0 aliphatic carbocycles. The van der Waals surface area contributed by atoms with E-state index in [1.54, 1.807) is 0 Å². The Labute approximate surface area is 136 Å². The van der Waals surface area contributed by atoms with Gasteiger partial charge in [-0.2, -0.15) is 0 Å². The highest BCUT2D eigenvalue weighted by atomic mass is 16.4. The molecule has 3 rings (SSSR count). The van der Waals surface area contributed by atoms with Gasteiger partial charge in [0.15, 0.2) is 0 Å². The molecule has 5 heteroatoms. The largest absolute Gasteiger partial charge is 0.480 e. The van der Waals surface area contributed by atoms with Crippen LogP contribution < -0.4 is 4.90 Å². The average molecular weight is 311 g/mol. The van der Waals surface area contributed by atoms with E-state index in [0.29, 0.717) is 5.95 Å². The fraction of sp³-hybridized carbons (Fsp3) is 0.389. The van der Waals surface area contributed by atoms with E-state index in [0.717, 1.165) is 22.5 Å². The van der Waals surface area contributed by atoms with Crippen molar-refractivity contribution in [1.82, 2.24) is 9.97 Å². The molecule has 0 spiro atoms. The molecule has 0 bridgehead atoms. The smallest absolute Gasteiger partial charge is 0.327 e. The van der Waals surface area contributed by atoms with Crippen LogP contribution in [0.2, 0.25) is 0 Å². The molecule has 2 heterocycles. The highest BCUT2D eigenvalue weighted by molar-refractivity contribution is 5.80. The summed E-state index contributed by atoms with van der Waals surface area (Å²) in [5.74, 6) is -0.491. The van der Waals surface area contributed by atoms with Crippen LogP contribution in [0.5, 0.6) is 0 Å². The van der Waals surface area contributed by atoms with Crippen LogP contribution in [-0.4, -0.2) is 27.1 Å². The number of hydrogen-bond donors (Lipinski definition) is 1. The number of carboxylic acids is 1. The van der Waals surface area contributed by atoms with Crippen molar-refractivity contribution in [1.29, 1.82) is 0 Å². The summed E-state index contributed by atoms with van der Waals surface area (Å²) in [5.41, 5.74) is 3.92. The standard InChI is InChI=1S/C18H21N3O2/c1-10-9-11(2)20-18(19-10)21-13(4)15-8-6-5-7-14(15)12(3)16(21)17(22)23/h5-9,12-13,16H,1-4H3,(H,22,23). The van der Waals surface area contributed by atoms with Crippen molar-refractivity contribution in [2.75, 3.05) is 4.90 Å². The summed E-state index contributed by atoms with van der Waals surface area (Å²) < 4.78 is 0. The Kier molecular flexibility index (Phi) is 3.80. The molecule has 0 fully saturated rings. The number of aliphatic carboxylic acids is 1. The molecule has 1 aromatic carbocycles. The predicted molar refractivity (Wildman–Crippen MR) is 88.7 cm³/mol. The predicted octanol–water partition coefficient (Wildman–Crippen LogP) is 3.23. The summed E-state index contributed by atoms with van der Waals surface area (Å²) in [7, 11) is 0. The number of fused-ring (bicyclic) bond motifs is 1. The van der Waals surface area contributed by atoms with E-state index in [1.807, 2.05) is 56.9 Å². The van der Waals surface area contributed by atoms with Crippen molar-refractivity contribution in [2.24, 2.45) is 0 Å². The van der Waals surface area contributed by atoms with E-state index in [-0.39, 0.29) is 12.0 Å². The Morgan fingerprint density at radius 1 is 1.09 bits per heavy atom. The lowest BCUT2D eigenvalue weighted by Gasteiger charge is -2.43. The van der Waals surface area contributed by atoms with E-state index < -0.39 is 12.0 Å². The van der Waals surface area contributed by atoms with Gasteiger partial charge in [-0.15, -0.1) is 0 Å². The molecule has 120 valence electrons. The van der Waals surface area contributed by atoms with Crippen LogP contribution in [0.4, 0.5) is 5.95 Å². The van der Waals surface area contributed by atoms with E-state index in [1.165, 1.54) is 0 Å². The number of benzene rings is 1. The molecular formula is C18H21N3O2. The number of aryl methyl sites for hydroxylation is 2. The molecule has 3 atom stereocenters. The Morgan fingerprint density at radius 2 is 1.65 bits per heavy atom. The quantitative estimate of drug-likeness (QED) is 0.922. The molecule has 0 saturated heterocycles. The van der Waals surface area contributed by atoms with Gasteiger partial charge in [0, 0.05) is 17.3 Å². The lowest BCUT2D eigenvalue weighted by atomic mass is 9.81. The second kappa shape index (κ2) is 5.65. The first-order chi connectivity index (χ1) is 10.9. The fourth-order valence-corrected chi connectivity index (χ4v) is 3.56. The molecule has 3 unspecified atom stereocenters. The maximum absolute atomic E-state index is 12.0. The first-order valence-electron chi connectivity index (χ1n) is 7.82. The van der Waals surface area contributed by atoms with Gasteiger partial charge in [-0.1, -0.05) is 31.2 Å². The Balaban J connectivity index is 2.19. The molecule has 23 heavy (non-hydrogen) atoms. The third-order valence-electron chi connectivity index (χ3n) is 4.58. The average Bonchev–Trinajstić information content (AvgIpc) is 2.49.